The van der Waals surface area contributed by atoms with E-state index in [2.05, 4.69) is 4.99 Å². The molecule has 0 saturated heterocycles. The van der Waals surface area contributed by atoms with Crippen LogP contribution < -0.4 is 0 Å². The van der Waals surface area contributed by atoms with E-state index in [-0.39, 0.29) is 15.0 Å². The first-order valence-corrected chi connectivity index (χ1v) is 5.99. The summed E-state index contributed by atoms with van der Waals surface area (Å²) in [6.07, 6.45) is 4.51. The third-order valence-corrected chi connectivity index (χ3v) is 4.05. The molecule has 6 heteroatoms. The molecule has 1 atom stereocenters. The van der Waals surface area contributed by atoms with Crippen LogP contribution in [0.2, 0.25) is 0 Å². The van der Waals surface area contributed by atoms with E-state index in [9.17, 15) is 10.1 Å². The molecule has 13 heavy (non-hydrogen) atoms. The van der Waals surface area contributed by atoms with E-state index in [0.717, 1.165) is 15.6 Å². The van der Waals surface area contributed by atoms with Crippen LogP contribution >= 0.6 is 11.6 Å². The summed E-state index contributed by atoms with van der Waals surface area (Å²) in [4.78, 5) is 12.8. The Labute approximate surface area is 85.7 Å². The fourth-order valence-electron chi connectivity index (χ4n) is 1.12. The zero-order valence-electron chi connectivity index (χ0n) is 6.44. The molecule has 0 aromatic rings. The molecule has 1 aliphatic heterocycles. The van der Waals surface area contributed by atoms with Crippen LogP contribution in [0, 0.1) is 10.1 Å². The van der Waals surface area contributed by atoms with Gasteiger partial charge in [-0.15, -0.1) is 0 Å². The molecule has 0 saturated carbocycles. The molecule has 2 aliphatic rings. The standard InChI is InChI=1S/C7H5ClN2O2Se/c8-7(10(11)12)2-1-5-6(3-7)13-4-9-5/h1-3H,4H2. The predicted molar refractivity (Wildman–Crippen MR) is 50.9 cm³/mol. The fraction of sp³-hybridized carbons (Fsp3) is 0.286. The van der Waals surface area contributed by atoms with Crippen molar-refractivity contribution < 1.29 is 4.92 Å². The van der Waals surface area contributed by atoms with Crippen LogP contribution in [0.3, 0.4) is 0 Å². The summed E-state index contributed by atoms with van der Waals surface area (Å²) in [5.41, 5.74) is 1.63. The van der Waals surface area contributed by atoms with Crippen molar-refractivity contribution in [2.75, 3.05) is 5.44 Å². The first-order chi connectivity index (χ1) is 6.12. The molecular formula is C7H5ClN2O2Se. The van der Waals surface area contributed by atoms with Crippen molar-refractivity contribution in [1.82, 2.24) is 0 Å². The number of fused-ring (bicyclic) bond motifs is 1. The molecule has 0 aromatic carbocycles. The zero-order chi connectivity index (χ0) is 9.47. The Bertz CT molecular complexity index is 364. The molecule has 0 aromatic heterocycles. The number of hydrogen-bond acceptors (Lipinski definition) is 3. The van der Waals surface area contributed by atoms with Gasteiger partial charge in [-0.05, 0) is 0 Å². The van der Waals surface area contributed by atoms with Gasteiger partial charge in [-0.25, -0.2) is 0 Å². The monoisotopic (exact) mass is 264 g/mol. The molecule has 4 nitrogen and oxygen atoms in total. The second-order valence-corrected chi connectivity index (χ2v) is 5.32. The fourth-order valence-corrected chi connectivity index (χ4v) is 3.29. The summed E-state index contributed by atoms with van der Waals surface area (Å²) < 4.78 is 0.946. The van der Waals surface area contributed by atoms with Gasteiger partial charge in [0.25, 0.3) is 0 Å². The van der Waals surface area contributed by atoms with Gasteiger partial charge in [-0.3, -0.25) is 0 Å². The molecule has 1 aliphatic carbocycles. The SMILES string of the molecule is O=[N+]([O-])C1(Cl)C=CC2=NC[Se]C2=C1. The normalized spacial score (nSPS) is 30.8. The maximum absolute atomic E-state index is 10.6. The van der Waals surface area contributed by atoms with Gasteiger partial charge in [0.2, 0.25) is 0 Å². The molecule has 68 valence electrons. The summed E-state index contributed by atoms with van der Waals surface area (Å²) in [7, 11) is 0. The molecule has 1 heterocycles. The van der Waals surface area contributed by atoms with Crippen LogP contribution in [0.4, 0.5) is 0 Å². The van der Waals surface area contributed by atoms with Crippen LogP contribution in [0.25, 0.3) is 0 Å². The van der Waals surface area contributed by atoms with Gasteiger partial charge in [0.15, 0.2) is 0 Å². The number of nitrogens with zero attached hydrogens (tertiary/aromatic N) is 2. The Hall–Kier alpha value is -0.641. The molecular weight excluding hydrogens is 259 g/mol. The Morgan fingerprint density at radius 1 is 1.77 bits per heavy atom. The van der Waals surface area contributed by atoms with E-state index in [1.54, 1.807) is 6.08 Å². The van der Waals surface area contributed by atoms with E-state index in [1.165, 1.54) is 12.2 Å². The van der Waals surface area contributed by atoms with E-state index in [0.29, 0.717) is 0 Å². The van der Waals surface area contributed by atoms with Gasteiger partial charge >= 0.3 is 85.4 Å². The Morgan fingerprint density at radius 3 is 3.23 bits per heavy atom. The minimum atomic E-state index is -1.54. The zero-order valence-corrected chi connectivity index (χ0v) is 8.91. The predicted octanol–water partition coefficient (Wildman–Crippen LogP) is 0.768. The summed E-state index contributed by atoms with van der Waals surface area (Å²) >= 11 is 5.99. The number of allylic oxidation sites excluding steroid dienone is 2. The first kappa shape index (κ1) is 8.94. The quantitative estimate of drug-likeness (QED) is 0.231. The van der Waals surface area contributed by atoms with E-state index in [1.807, 2.05) is 0 Å². The average molecular weight is 264 g/mol. The summed E-state index contributed by atoms with van der Waals surface area (Å²) in [6, 6.07) is 0. The number of rotatable bonds is 1. The van der Waals surface area contributed by atoms with E-state index < -0.39 is 9.92 Å². The Balaban J connectivity index is 2.40. The average Bonchev–Trinajstić information content (AvgIpc) is 2.50. The third-order valence-electron chi connectivity index (χ3n) is 1.80. The molecule has 1 unspecified atom stereocenters. The third kappa shape index (κ3) is 1.43. The van der Waals surface area contributed by atoms with Gasteiger partial charge in [0.05, 0.1) is 0 Å². The molecule has 0 N–H and O–H groups in total. The van der Waals surface area contributed by atoms with Crippen LogP contribution in [0.15, 0.2) is 27.7 Å². The minimum absolute atomic E-state index is 0.218. The number of nitro groups is 1. The van der Waals surface area contributed by atoms with Crippen LogP contribution in [-0.4, -0.2) is 36.0 Å². The van der Waals surface area contributed by atoms with Crippen LogP contribution in [-0.2, 0) is 0 Å². The number of alkyl halides is 1. The van der Waals surface area contributed by atoms with Crippen molar-refractivity contribution in [2.45, 2.75) is 5.00 Å². The van der Waals surface area contributed by atoms with Gasteiger partial charge in [-0.1, -0.05) is 0 Å². The van der Waals surface area contributed by atoms with Crippen molar-refractivity contribution in [1.29, 1.82) is 0 Å². The van der Waals surface area contributed by atoms with Crippen molar-refractivity contribution >= 4 is 32.3 Å². The summed E-state index contributed by atoms with van der Waals surface area (Å²) in [5, 5.41) is 10.6. The van der Waals surface area contributed by atoms with Crippen molar-refractivity contribution in [3.8, 4) is 0 Å². The second kappa shape index (κ2) is 2.94. The summed E-state index contributed by atoms with van der Waals surface area (Å²) in [6.45, 7) is 0. The Morgan fingerprint density at radius 2 is 2.54 bits per heavy atom. The number of hydrogen-bond donors (Lipinski definition) is 0. The molecule has 0 radical (unpaired) electrons. The van der Waals surface area contributed by atoms with Crippen molar-refractivity contribution in [3.63, 3.8) is 0 Å². The number of halogens is 1. The number of aliphatic imine (C=N–C) groups is 1. The van der Waals surface area contributed by atoms with Gasteiger partial charge in [0.1, 0.15) is 0 Å². The molecule has 0 spiro atoms. The van der Waals surface area contributed by atoms with Gasteiger partial charge in [-0.2, -0.15) is 0 Å². The van der Waals surface area contributed by atoms with Gasteiger partial charge < -0.3 is 0 Å². The van der Waals surface area contributed by atoms with Crippen LogP contribution in [0.1, 0.15) is 0 Å². The van der Waals surface area contributed by atoms with E-state index in [4.69, 9.17) is 11.6 Å². The molecule has 0 amide bonds. The molecule has 2 rings (SSSR count). The van der Waals surface area contributed by atoms with Gasteiger partial charge in [0, 0.05) is 0 Å². The van der Waals surface area contributed by atoms with E-state index >= 15 is 0 Å². The molecule has 0 bridgehead atoms. The topological polar surface area (TPSA) is 55.5 Å². The van der Waals surface area contributed by atoms with Crippen molar-refractivity contribution in [2.24, 2.45) is 4.99 Å². The maximum atomic E-state index is 10.6. The summed E-state index contributed by atoms with van der Waals surface area (Å²) in [5.74, 6) is 0. The van der Waals surface area contributed by atoms with Crippen molar-refractivity contribution in [3.05, 3.63) is 32.8 Å². The Kier molecular flexibility index (Phi) is 2.02. The second-order valence-electron chi connectivity index (χ2n) is 2.64. The molecule has 0 fully saturated rings. The first-order valence-electron chi connectivity index (χ1n) is 3.55. The van der Waals surface area contributed by atoms with Crippen LogP contribution in [0.5, 0.6) is 0 Å².